The fraction of sp³-hybridized carbons (Fsp3) is 0.467. The molecule has 1 aromatic carbocycles. The molecule has 0 unspecified atom stereocenters. The molecule has 0 amide bonds. The highest BCUT2D eigenvalue weighted by atomic mass is 79.9. The molecule has 0 atom stereocenters. The van der Waals surface area contributed by atoms with E-state index in [9.17, 15) is 4.39 Å². The average molecular weight is 349 g/mol. The maximum atomic E-state index is 14.0. The number of halogens is 3. The van der Waals surface area contributed by atoms with E-state index in [-0.39, 0.29) is 10.8 Å². The molecule has 0 saturated heterocycles. The van der Waals surface area contributed by atoms with E-state index in [0.29, 0.717) is 16.0 Å². The Balaban J connectivity index is 2.62. The van der Waals surface area contributed by atoms with Crippen LogP contribution in [0.15, 0.2) is 22.7 Å². The highest BCUT2D eigenvalue weighted by Crippen LogP contribution is 2.30. The molecule has 0 radical (unpaired) electrons. The molecule has 19 heavy (non-hydrogen) atoms. The minimum absolute atomic E-state index is 0.142. The molecule has 0 aliphatic heterocycles. The van der Waals surface area contributed by atoms with Gasteiger partial charge in [0.1, 0.15) is 5.82 Å². The van der Waals surface area contributed by atoms with Crippen molar-refractivity contribution in [2.45, 2.75) is 27.2 Å². The topological polar surface area (TPSA) is 12.0 Å². The van der Waals surface area contributed by atoms with Gasteiger partial charge in [-0.2, -0.15) is 0 Å². The molecular weight excluding hydrogens is 329 g/mol. The Morgan fingerprint density at radius 2 is 2.16 bits per heavy atom. The first kappa shape index (κ1) is 16.7. The van der Waals surface area contributed by atoms with Gasteiger partial charge in [-0.05, 0) is 59.9 Å². The summed E-state index contributed by atoms with van der Waals surface area (Å²) in [4.78, 5) is 0. The maximum Gasteiger partial charge on any atom is 0.150 e. The van der Waals surface area contributed by atoms with Gasteiger partial charge in [0.05, 0.1) is 5.02 Å². The highest BCUT2D eigenvalue weighted by Gasteiger charge is 2.10. The predicted octanol–water partition coefficient (Wildman–Crippen LogP) is 5.28. The van der Waals surface area contributed by atoms with Gasteiger partial charge in [0.2, 0.25) is 0 Å². The Morgan fingerprint density at radius 1 is 1.47 bits per heavy atom. The number of nitrogens with one attached hydrogen (secondary N) is 1. The number of hydrogen-bond acceptors (Lipinski definition) is 1. The van der Waals surface area contributed by atoms with E-state index in [1.54, 1.807) is 12.1 Å². The summed E-state index contributed by atoms with van der Waals surface area (Å²) < 4.78 is 14.6. The van der Waals surface area contributed by atoms with Crippen molar-refractivity contribution in [1.82, 2.24) is 5.32 Å². The van der Waals surface area contributed by atoms with Gasteiger partial charge in [-0.1, -0.05) is 37.6 Å². The maximum absolute atomic E-state index is 14.0. The second-order valence-electron chi connectivity index (χ2n) is 5.00. The predicted molar refractivity (Wildman–Crippen MR) is 85.1 cm³/mol. The van der Waals surface area contributed by atoms with Gasteiger partial charge in [0.15, 0.2) is 0 Å². The van der Waals surface area contributed by atoms with Crippen LogP contribution in [-0.4, -0.2) is 13.1 Å². The standard InChI is InChI=1S/C15H20BrClFN/c1-10(2)9-19-8-4-5-11(3)12-6-7-13(16)14(17)15(12)18/h5-7,10,19H,4,8-9H2,1-3H3/b11-5-. The molecule has 0 aliphatic carbocycles. The Labute approximate surface area is 128 Å². The molecule has 0 heterocycles. The van der Waals surface area contributed by atoms with E-state index in [4.69, 9.17) is 11.6 Å². The lowest BCUT2D eigenvalue weighted by Gasteiger charge is -2.08. The molecule has 0 fully saturated rings. The zero-order valence-electron chi connectivity index (χ0n) is 11.6. The Bertz CT molecular complexity index is 458. The summed E-state index contributed by atoms with van der Waals surface area (Å²) in [5, 5.41) is 3.50. The zero-order chi connectivity index (χ0) is 14.4. The van der Waals surface area contributed by atoms with E-state index in [0.717, 1.165) is 25.1 Å². The molecule has 1 nitrogen and oxygen atoms in total. The lowest BCUT2D eigenvalue weighted by atomic mass is 10.1. The van der Waals surface area contributed by atoms with Gasteiger partial charge < -0.3 is 5.32 Å². The van der Waals surface area contributed by atoms with Crippen LogP contribution in [0, 0.1) is 11.7 Å². The van der Waals surface area contributed by atoms with Gasteiger partial charge in [-0.25, -0.2) is 4.39 Å². The third-order valence-electron chi connectivity index (χ3n) is 2.78. The third-order valence-corrected chi connectivity index (χ3v) is 4.04. The molecule has 1 aromatic rings. The summed E-state index contributed by atoms with van der Waals surface area (Å²) in [5.41, 5.74) is 1.48. The summed E-state index contributed by atoms with van der Waals surface area (Å²) >= 11 is 9.10. The molecule has 106 valence electrons. The first-order valence-electron chi connectivity index (χ1n) is 6.44. The van der Waals surface area contributed by atoms with Crippen LogP contribution in [0.1, 0.15) is 32.8 Å². The smallest absolute Gasteiger partial charge is 0.150 e. The van der Waals surface area contributed by atoms with Gasteiger partial charge in [-0.3, -0.25) is 0 Å². The molecule has 1 rings (SSSR count). The molecule has 1 N–H and O–H groups in total. The van der Waals surface area contributed by atoms with Crippen LogP contribution in [0.4, 0.5) is 4.39 Å². The van der Waals surface area contributed by atoms with Gasteiger partial charge >= 0.3 is 0 Å². The van der Waals surface area contributed by atoms with Crippen molar-refractivity contribution >= 4 is 33.1 Å². The van der Waals surface area contributed by atoms with Crippen LogP contribution >= 0.6 is 27.5 Å². The van der Waals surface area contributed by atoms with E-state index in [1.165, 1.54) is 0 Å². The van der Waals surface area contributed by atoms with Crippen molar-refractivity contribution in [1.29, 1.82) is 0 Å². The molecule has 0 spiro atoms. The van der Waals surface area contributed by atoms with E-state index < -0.39 is 0 Å². The summed E-state index contributed by atoms with van der Waals surface area (Å²) in [6.45, 7) is 8.17. The molecule has 4 heteroatoms. The lowest BCUT2D eigenvalue weighted by Crippen LogP contribution is -2.20. The zero-order valence-corrected chi connectivity index (χ0v) is 13.9. The van der Waals surface area contributed by atoms with Crippen LogP contribution in [0.3, 0.4) is 0 Å². The molecule has 0 aromatic heterocycles. The van der Waals surface area contributed by atoms with Crippen molar-refractivity contribution in [2.24, 2.45) is 5.92 Å². The average Bonchev–Trinajstić information content (AvgIpc) is 2.35. The minimum Gasteiger partial charge on any atom is -0.316 e. The van der Waals surface area contributed by atoms with Gasteiger partial charge in [-0.15, -0.1) is 0 Å². The number of hydrogen-bond donors (Lipinski definition) is 1. The first-order valence-corrected chi connectivity index (χ1v) is 7.62. The second-order valence-corrected chi connectivity index (χ2v) is 6.23. The minimum atomic E-state index is -0.361. The molecular formula is C15H20BrClFN. The Morgan fingerprint density at radius 3 is 2.79 bits per heavy atom. The highest BCUT2D eigenvalue weighted by molar-refractivity contribution is 9.10. The van der Waals surface area contributed by atoms with Crippen molar-refractivity contribution in [3.8, 4) is 0 Å². The Hall–Kier alpha value is -0.380. The van der Waals surface area contributed by atoms with Crippen LogP contribution in [0.2, 0.25) is 5.02 Å². The van der Waals surface area contributed by atoms with Gasteiger partial charge in [0, 0.05) is 10.0 Å². The summed E-state index contributed by atoms with van der Waals surface area (Å²) in [6.07, 6.45) is 2.92. The monoisotopic (exact) mass is 347 g/mol. The third kappa shape index (κ3) is 5.25. The number of rotatable bonds is 6. The molecule has 0 aliphatic rings. The second kappa shape index (κ2) is 8.03. The summed E-state index contributed by atoms with van der Waals surface area (Å²) in [6, 6.07) is 3.52. The summed E-state index contributed by atoms with van der Waals surface area (Å²) in [7, 11) is 0. The van der Waals surface area contributed by atoms with Crippen LogP contribution in [0.5, 0.6) is 0 Å². The van der Waals surface area contributed by atoms with Crippen LogP contribution in [0.25, 0.3) is 5.57 Å². The van der Waals surface area contributed by atoms with Gasteiger partial charge in [0.25, 0.3) is 0 Å². The fourth-order valence-electron chi connectivity index (χ4n) is 1.72. The van der Waals surface area contributed by atoms with Crippen molar-refractivity contribution in [3.05, 3.63) is 39.1 Å². The van der Waals surface area contributed by atoms with E-state index in [2.05, 4.69) is 35.1 Å². The van der Waals surface area contributed by atoms with Crippen molar-refractivity contribution < 1.29 is 4.39 Å². The Kier molecular flexibility index (Phi) is 7.05. The lowest BCUT2D eigenvalue weighted by molar-refractivity contribution is 0.557. The van der Waals surface area contributed by atoms with E-state index in [1.807, 2.05) is 13.0 Å². The van der Waals surface area contributed by atoms with Crippen LogP contribution in [-0.2, 0) is 0 Å². The fourth-order valence-corrected chi connectivity index (χ4v) is 2.19. The summed E-state index contributed by atoms with van der Waals surface area (Å²) in [5.74, 6) is 0.285. The number of allylic oxidation sites excluding steroid dienone is 1. The number of benzene rings is 1. The largest absolute Gasteiger partial charge is 0.316 e. The van der Waals surface area contributed by atoms with E-state index >= 15 is 0 Å². The first-order chi connectivity index (χ1) is 8.93. The molecule has 0 bridgehead atoms. The normalized spacial score (nSPS) is 12.3. The van der Waals surface area contributed by atoms with Crippen molar-refractivity contribution in [2.75, 3.05) is 13.1 Å². The van der Waals surface area contributed by atoms with Crippen molar-refractivity contribution in [3.63, 3.8) is 0 Å². The SMILES string of the molecule is C/C(=C/CCNCC(C)C)c1ccc(Br)c(Cl)c1F. The van der Waals surface area contributed by atoms with Crippen LogP contribution < -0.4 is 5.32 Å². The molecule has 0 saturated carbocycles. The quantitative estimate of drug-likeness (QED) is 0.545.